The Bertz CT molecular complexity index is 573. The molecule has 0 saturated heterocycles. The molecule has 1 fully saturated rings. The topological polar surface area (TPSA) is 50.9 Å². The third-order valence-corrected chi connectivity index (χ3v) is 4.78. The number of nitrogens with one attached hydrogen (secondary N) is 1. The first-order valence-corrected chi connectivity index (χ1v) is 8.17. The molecule has 1 aliphatic carbocycles. The first kappa shape index (κ1) is 14.5. The van der Waals surface area contributed by atoms with Gasteiger partial charge in [-0.25, -0.2) is 0 Å². The highest BCUT2D eigenvalue weighted by atomic mass is 15.2. The molecule has 1 unspecified atom stereocenters. The summed E-state index contributed by atoms with van der Waals surface area (Å²) in [7, 11) is 0. The Hall–Kier alpha value is -1.45. The largest absolute Gasteiger partial charge is 0.271 e. The minimum absolute atomic E-state index is 0.236. The molecular weight excluding hydrogens is 258 g/mol. The van der Waals surface area contributed by atoms with E-state index in [0.717, 1.165) is 17.9 Å². The molecule has 1 heterocycles. The molecule has 112 valence electrons. The number of fused-ring (bicyclic) bond motifs is 1. The van der Waals surface area contributed by atoms with Crippen LogP contribution >= 0.6 is 0 Å². The summed E-state index contributed by atoms with van der Waals surface area (Å²) in [6.07, 6.45) is 11.2. The number of pyridine rings is 1. The maximum absolute atomic E-state index is 5.83. The van der Waals surface area contributed by atoms with E-state index in [4.69, 9.17) is 5.84 Å². The Labute approximate surface area is 126 Å². The van der Waals surface area contributed by atoms with E-state index in [-0.39, 0.29) is 6.04 Å². The van der Waals surface area contributed by atoms with E-state index in [1.54, 1.807) is 0 Å². The average molecular weight is 283 g/mol. The summed E-state index contributed by atoms with van der Waals surface area (Å²) in [5.74, 6) is 6.63. The lowest BCUT2D eigenvalue weighted by Crippen LogP contribution is -2.29. The fourth-order valence-corrected chi connectivity index (χ4v) is 3.53. The normalized spacial score (nSPS) is 18.5. The van der Waals surface area contributed by atoms with Crippen molar-refractivity contribution in [3.05, 3.63) is 42.1 Å². The molecule has 1 aliphatic rings. The number of nitrogens with two attached hydrogens (primary N) is 1. The third kappa shape index (κ3) is 3.60. The van der Waals surface area contributed by atoms with Crippen molar-refractivity contribution < 1.29 is 0 Å². The molecule has 1 aromatic carbocycles. The van der Waals surface area contributed by atoms with E-state index in [1.165, 1.54) is 49.5 Å². The van der Waals surface area contributed by atoms with Gasteiger partial charge in [0, 0.05) is 17.6 Å². The van der Waals surface area contributed by atoms with Crippen molar-refractivity contribution in [2.24, 2.45) is 11.8 Å². The highest BCUT2D eigenvalue weighted by molar-refractivity contribution is 5.78. The van der Waals surface area contributed by atoms with Crippen LogP contribution in [-0.2, 0) is 0 Å². The molecule has 1 aromatic heterocycles. The molecule has 1 saturated carbocycles. The summed E-state index contributed by atoms with van der Waals surface area (Å²) in [4.78, 5) is 4.45. The summed E-state index contributed by atoms with van der Waals surface area (Å²) < 4.78 is 0. The van der Waals surface area contributed by atoms with Crippen LogP contribution in [0, 0.1) is 5.92 Å². The van der Waals surface area contributed by atoms with E-state index in [9.17, 15) is 0 Å². The molecule has 21 heavy (non-hydrogen) atoms. The second-order valence-corrected chi connectivity index (χ2v) is 6.27. The van der Waals surface area contributed by atoms with Gasteiger partial charge < -0.3 is 0 Å². The van der Waals surface area contributed by atoms with Gasteiger partial charge in [0.15, 0.2) is 0 Å². The van der Waals surface area contributed by atoms with E-state index in [2.05, 4.69) is 34.7 Å². The lowest BCUT2D eigenvalue weighted by atomic mass is 9.89. The monoisotopic (exact) mass is 283 g/mol. The number of rotatable bonds is 4. The summed E-state index contributed by atoms with van der Waals surface area (Å²) in [6, 6.07) is 10.8. The van der Waals surface area contributed by atoms with Crippen LogP contribution in [0.4, 0.5) is 0 Å². The molecule has 0 radical (unpaired) electrons. The first-order valence-electron chi connectivity index (χ1n) is 8.17. The van der Waals surface area contributed by atoms with Crippen LogP contribution in [0.1, 0.15) is 56.6 Å². The van der Waals surface area contributed by atoms with Crippen LogP contribution in [0.3, 0.4) is 0 Å². The molecule has 0 bridgehead atoms. The summed E-state index contributed by atoms with van der Waals surface area (Å²) in [5, 5.41) is 1.19. The number of benzene rings is 1. The number of hydrogen-bond acceptors (Lipinski definition) is 3. The zero-order chi connectivity index (χ0) is 14.5. The smallest absolute Gasteiger partial charge is 0.0705 e. The minimum Gasteiger partial charge on any atom is -0.271 e. The molecule has 3 nitrogen and oxygen atoms in total. The number of nitrogens with zero attached hydrogens (tertiary/aromatic N) is 1. The maximum atomic E-state index is 5.83. The predicted molar refractivity (Wildman–Crippen MR) is 87.6 cm³/mol. The molecule has 1 atom stereocenters. The van der Waals surface area contributed by atoms with Crippen LogP contribution in [0.25, 0.3) is 10.9 Å². The van der Waals surface area contributed by atoms with Gasteiger partial charge in [0.2, 0.25) is 0 Å². The molecule has 3 heteroatoms. The zero-order valence-electron chi connectivity index (χ0n) is 12.6. The van der Waals surface area contributed by atoms with Gasteiger partial charge >= 0.3 is 0 Å². The van der Waals surface area contributed by atoms with E-state index < -0.39 is 0 Å². The van der Waals surface area contributed by atoms with Gasteiger partial charge in [0.25, 0.3) is 0 Å². The summed E-state index contributed by atoms with van der Waals surface area (Å²) in [6.45, 7) is 0. The van der Waals surface area contributed by atoms with Crippen molar-refractivity contribution in [3.8, 4) is 0 Å². The molecule has 3 rings (SSSR count). The minimum atomic E-state index is 0.236. The van der Waals surface area contributed by atoms with Gasteiger partial charge in [-0.15, -0.1) is 0 Å². The fraction of sp³-hybridized carbons (Fsp3) is 0.500. The molecule has 0 aliphatic heterocycles. The van der Waals surface area contributed by atoms with Gasteiger partial charge in [-0.3, -0.25) is 16.3 Å². The Balaban J connectivity index is 1.77. The lowest BCUT2D eigenvalue weighted by Gasteiger charge is -2.22. The van der Waals surface area contributed by atoms with Crippen molar-refractivity contribution >= 4 is 10.9 Å². The average Bonchev–Trinajstić information content (AvgIpc) is 2.81. The van der Waals surface area contributed by atoms with Gasteiger partial charge in [-0.1, -0.05) is 56.7 Å². The predicted octanol–water partition coefficient (Wildman–Crippen LogP) is 4.10. The van der Waals surface area contributed by atoms with Crippen LogP contribution in [0.5, 0.6) is 0 Å². The van der Waals surface area contributed by atoms with E-state index >= 15 is 0 Å². The maximum Gasteiger partial charge on any atom is 0.0705 e. The van der Waals surface area contributed by atoms with Crippen molar-refractivity contribution in [3.63, 3.8) is 0 Å². The van der Waals surface area contributed by atoms with E-state index in [0.29, 0.717) is 0 Å². The number of hydrogen-bond donors (Lipinski definition) is 2. The highest BCUT2D eigenvalue weighted by Crippen LogP contribution is 2.31. The van der Waals surface area contributed by atoms with Crippen LogP contribution in [0.2, 0.25) is 0 Å². The second-order valence-electron chi connectivity index (χ2n) is 6.27. The molecule has 3 N–H and O–H groups in total. The Morgan fingerprint density at radius 2 is 1.95 bits per heavy atom. The van der Waals surface area contributed by atoms with Crippen molar-refractivity contribution in [1.29, 1.82) is 0 Å². The lowest BCUT2D eigenvalue weighted by molar-refractivity contribution is 0.359. The van der Waals surface area contributed by atoms with Crippen LogP contribution in [-0.4, -0.2) is 4.98 Å². The van der Waals surface area contributed by atoms with Crippen LogP contribution < -0.4 is 11.3 Å². The number of aromatic nitrogens is 1. The molecule has 0 amide bonds. The highest BCUT2D eigenvalue weighted by Gasteiger charge is 2.19. The second kappa shape index (κ2) is 7.01. The Morgan fingerprint density at radius 1 is 1.14 bits per heavy atom. The standard InChI is InChI=1S/C18H25N3/c19-21-18(12-14-6-3-1-2-4-7-14)16-10-9-15-8-5-11-20-17(15)13-16/h5,8-11,13-14,18,21H,1-4,6-7,12,19H2. The fourth-order valence-electron chi connectivity index (χ4n) is 3.53. The van der Waals surface area contributed by atoms with Crippen molar-refractivity contribution in [2.75, 3.05) is 0 Å². The first-order chi connectivity index (χ1) is 10.4. The Kier molecular flexibility index (Phi) is 4.84. The number of hydrazine groups is 1. The van der Waals surface area contributed by atoms with Gasteiger partial charge in [0.1, 0.15) is 0 Å². The summed E-state index contributed by atoms with van der Waals surface area (Å²) in [5.41, 5.74) is 5.33. The van der Waals surface area contributed by atoms with Gasteiger partial charge in [0.05, 0.1) is 5.52 Å². The van der Waals surface area contributed by atoms with Crippen molar-refractivity contribution in [1.82, 2.24) is 10.4 Å². The van der Waals surface area contributed by atoms with Crippen LogP contribution in [0.15, 0.2) is 36.5 Å². The van der Waals surface area contributed by atoms with Crippen molar-refractivity contribution in [2.45, 2.75) is 51.0 Å². The third-order valence-electron chi connectivity index (χ3n) is 4.78. The van der Waals surface area contributed by atoms with E-state index in [1.807, 2.05) is 12.3 Å². The summed E-state index contributed by atoms with van der Waals surface area (Å²) >= 11 is 0. The van der Waals surface area contributed by atoms with Gasteiger partial charge in [-0.05, 0) is 30.0 Å². The Morgan fingerprint density at radius 3 is 2.71 bits per heavy atom. The molecular formula is C18H25N3. The zero-order valence-corrected chi connectivity index (χ0v) is 12.6. The SMILES string of the molecule is NNC(CC1CCCCCC1)c1ccc2cccnc2c1. The quantitative estimate of drug-likeness (QED) is 0.504. The molecule has 2 aromatic rings. The van der Waals surface area contributed by atoms with Gasteiger partial charge in [-0.2, -0.15) is 0 Å². The molecule has 0 spiro atoms.